The van der Waals surface area contributed by atoms with Gasteiger partial charge in [0.15, 0.2) is 0 Å². The number of hydrogen-bond acceptors (Lipinski definition) is 5. The zero-order chi connectivity index (χ0) is 18.9. The zero-order valence-corrected chi connectivity index (χ0v) is 16.4. The molecule has 2 aromatic heterocycles. The molecule has 1 saturated heterocycles. The van der Waals surface area contributed by atoms with Crippen LogP contribution in [-0.4, -0.2) is 55.5 Å². The number of aromatic nitrogens is 3. The standard InChI is InChI=1S/C19H25N5O2S/c1-15(25)24(11-16-3-9-27-12-16)17-10-19(17)4-7-22(8-5-19)18(26)2-6-23-14-20-13-21-23/h3,9,12-14,17H,2,4-8,10-11H2,1H3/t17-/m0/s1. The lowest BCUT2D eigenvalue weighted by Crippen LogP contribution is -2.42. The Morgan fingerprint density at radius 1 is 1.37 bits per heavy atom. The lowest BCUT2D eigenvalue weighted by molar-refractivity contribution is -0.134. The van der Waals surface area contributed by atoms with Crippen molar-refractivity contribution in [3.63, 3.8) is 0 Å². The Bertz CT molecular complexity index is 781. The minimum atomic E-state index is 0.148. The SMILES string of the molecule is CC(=O)N(Cc1ccsc1)[C@H]1CC12CCN(C(=O)CCn1cncn1)CC2. The van der Waals surface area contributed by atoms with E-state index in [4.69, 9.17) is 0 Å². The van der Waals surface area contributed by atoms with Gasteiger partial charge in [-0.2, -0.15) is 16.4 Å². The van der Waals surface area contributed by atoms with Crippen molar-refractivity contribution < 1.29 is 9.59 Å². The van der Waals surface area contributed by atoms with E-state index >= 15 is 0 Å². The van der Waals surface area contributed by atoms with Crippen molar-refractivity contribution in [2.75, 3.05) is 13.1 Å². The van der Waals surface area contributed by atoms with Crippen LogP contribution in [0.1, 0.15) is 38.2 Å². The third kappa shape index (κ3) is 3.90. The number of thiophene rings is 1. The molecule has 7 nitrogen and oxygen atoms in total. The molecule has 2 amide bonds. The quantitative estimate of drug-likeness (QED) is 0.762. The molecule has 2 fully saturated rings. The summed E-state index contributed by atoms with van der Waals surface area (Å²) in [5.74, 6) is 0.327. The molecule has 27 heavy (non-hydrogen) atoms. The van der Waals surface area contributed by atoms with Gasteiger partial charge in [0.25, 0.3) is 0 Å². The Morgan fingerprint density at radius 3 is 2.81 bits per heavy atom. The number of carbonyl (C=O) groups excluding carboxylic acids is 2. The second-order valence-electron chi connectivity index (χ2n) is 7.65. The Hall–Kier alpha value is -2.22. The normalized spacial score (nSPS) is 20.6. The number of hydrogen-bond donors (Lipinski definition) is 0. The van der Waals surface area contributed by atoms with Gasteiger partial charge in [0.2, 0.25) is 11.8 Å². The van der Waals surface area contributed by atoms with Crippen LogP contribution in [0.15, 0.2) is 29.5 Å². The van der Waals surface area contributed by atoms with Crippen molar-refractivity contribution in [3.8, 4) is 0 Å². The van der Waals surface area contributed by atoms with Gasteiger partial charge in [-0.15, -0.1) is 0 Å². The summed E-state index contributed by atoms with van der Waals surface area (Å²) >= 11 is 1.67. The minimum Gasteiger partial charge on any atom is -0.343 e. The molecule has 1 spiro atoms. The number of aryl methyl sites for hydroxylation is 1. The molecular weight excluding hydrogens is 362 g/mol. The fourth-order valence-electron chi connectivity index (χ4n) is 4.24. The first kappa shape index (κ1) is 18.2. The number of nitrogens with zero attached hydrogens (tertiary/aromatic N) is 5. The van der Waals surface area contributed by atoms with Gasteiger partial charge in [0.1, 0.15) is 12.7 Å². The highest BCUT2D eigenvalue weighted by molar-refractivity contribution is 7.07. The van der Waals surface area contributed by atoms with E-state index < -0.39 is 0 Å². The van der Waals surface area contributed by atoms with Crippen LogP contribution in [-0.2, 0) is 22.7 Å². The van der Waals surface area contributed by atoms with Crippen LogP contribution in [0.25, 0.3) is 0 Å². The molecule has 0 aromatic carbocycles. The van der Waals surface area contributed by atoms with Crippen molar-refractivity contribution in [3.05, 3.63) is 35.0 Å². The van der Waals surface area contributed by atoms with Crippen molar-refractivity contribution in [2.45, 2.75) is 51.7 Å². The third-order valence-corrected chi connectivity index (χ3v) is 6.73. The summed E-state index contributed by atoms with van der Waals surface area (Å²) in [6.45, 7) is 4.52. The second-order valence-corrected chi connectivity index (χ2v) is 8.43. The van der Waals surface area contributed by atoms with Crippen LogP contribution in [0.5, 0.6) is 0 Å². The van der Waals surface area contributed by atoms with E-state index in [1.165, 1.54) is 11.9 Å². The van der Waals surface area contributed by atoms with Crippen molar-refractivity contribution >= 4 is 23.2 Å². The van der Waals surface area contributed by atoms with Gasteiger partial charge < -0.3 is 9.80 Å². The van der Waals surface area contributed by atoms with E-state index in [1.807, 2.05) is 9.80 Å². The van der Waals surface area contributed by atoms with Crippen molar-refractivity contribution in [2.24, 2.45) is 5.41 Å². The number of likely N-dealkylation sites (tertiary alicyclic amines) is 1. The summed E-state index contributed by atoms with van der Waals surface area (Å²) in [5, 5.41) is 8.21. The topological polar surface area (TPSA) is 71.3 Å². The molecule has 8 heteroatoms. The van der Waals surface area contributed by atoms with Crippen LogP contribution < -0.4 is 0 Å². The molecule has 144 valence electrons. The molecule has 1 aliphatic carbocycles. The number of amides is 2. The van der Waals surface area contributed by atoms with Crippen LogP contribution >= 0.6 is 11.3 Å². The molecule has 2 aromatic rings. The predicted molar refractivity (Wildman–Crippen MR) is 102 cm³/mol. The summed E-state index contributed by atoms with van der Waals surface area (Å²) in [6.07, 6.45) is 6.62. The Kier molecular flexibility index (Phi) is 4.99. The number of rotatable bonds is 6. The van der Waals surface area contributed by atoms with Crippen molar-refractivity contribution in [1.82, 2.24) is 24.6 Å². The molecule has 0 radical (unpaired) electrons. The molecule has 1 saturated carbocycles. The van der Waals surface area contributed by atoms with E-state index in [0.29, 0.717) is 25.6 Å². The maximum Gasteiger partial charge on any atom is 0.224 e. The molecule has 2 aliphatic rings. The fraction of sp³-hybridized carbons (Fsp3) is 0.579. The minimum absolute atomic E-state index is 0.148. The summed E-state index contributed by atoms with van der Waals surface area (Å²) in [5.41, 5.74) is 1.42. The highest BCUT2D eigenvalue weighted by atomic mass is 32.1. The largest absolute Gasteiger partial charge is 0.343 e. The van der Waals surface area contributed by atoms with Gasteiger partial charge in [0, 0.05) is 39.0 Å². The first-order valence-corrected chi connectivity index (χ1v) is 10.4. The van der Waals surface area contributed by atoms with Crippen LogP contribution in [0, 0.1) is 5.41 Å². The molecule has 1 aliphatic heterocycles. The van der Waals surface area contributed by atoms with Gasteiger partial charge in [-0.25, -0.2) is 4.98 Å². The molecule has 0 bridgehead atoms. The average Bonchev–Trinajstić information content (AvgIpc) is 3.08. The predicted octanol–water partition coefficient (Wildman–Crippen LogP) is 2.16. The summed E-state index contributed by atoms with van der Waals surface area (Å²) in [6, 6.07) is 2.41. The van der Waals surface area contributed by atoms with Gasteiger partial charge in [-0.3, -0.25) is 14.3 Å². The monoisotopic (exact) mass is 387 g/mol. The smallest absolute Gasteiger partial charge is 0.224 e. The molecular formula is C19H25N5O2S. The Balaban J connectivity index is 1.29. The molecule has 0 N–H and O–H groups in total. The van der Waals surface area contributed by atoms with E-state index in [2.05, 4.69) is 26.9 Å². The lowest BCUT2D eigenvalue weighted by atomic mass is 9.92. The van der Waals surface area contributed by atoms with E-state index in [0.717, 1.165) is 32.4 Å². The maximum atomic E-state index is 12.5. The fourth-order valence-corrected chi connectivity index (χ4v) is 4.90. The third-order valence-electron chi connectivity index (χ3n) is 5.99. The maximum absolute atomic E-state index is 12.5. The van der Waals surface area contributed by atoms with Gasteiger partial charge in [-0.05, 0) is 47.1 Å². The second kappa shape index (κ2) is 7.42. The zero-order valence-electron chi connectivity index (χ0n) is 15.6. The van der Waals surface area contributed by atoms with Crippen LogP contribution in [0.2, 0.25) is 0 Å². The first-order chi connectivity index (χ1) is 13.1. The molecule has 0 unspecified atom stereocenters. The highest BCUT2D eigenvalue weighted by Gasteiger charge is 2.58. The first-order valence-electron chi connectivity index (χ1n) is 9.46. The summed E-state index contributed by atoms with van der Waals surface area (Å²) in [7, 11) is 0. The van der Waals surface area contributed by atoms with Gasteiger partial charge in [-0.1, -0.05) is 0 Å². The van der Waals surface area contributed by atoms with Crippen LogP contribution in [0.3, 0.4) is 0 Å². The molecule has 3 heterocycles. The van der Waals surface area contributed by atoms with Crippen LogP contribution in [0.4, 0.5) is 0 Å². The number of piperidine rings is 1. The Morgan fingerprint density at radius 2 is 2.19 bits per heavy atom. The molecule has 4 rings (SSSR count). The van der Waals surface area contributed by atoms with Gasteiger partial charge in [0.05, 0.1) is 6.54 Å². The number of carbonyl (C=O) groups is 2. The lowest BCUT2D eigenvalue weighted by Gasteiger charge is -2.34. The molecule has 1 atom stereocenters. The highest BCUT2D eigenvalue weighted by Crippen LogP contribution is 2.57. The average molecular weight is 388 g/mol. The van der Waals surface area contributed by atoms with E-state index in [1.54, 1.807) is 29.3 Å². The van der Waals surface area contributed by atoms with Gasteiger partial charge >= 0.3 is 0 Å². The van der Waals surface area contributed by atoms with E-state index in [-0.39, 0.29) is 17.2 Å². The van der Waals surface area contributed by atoms with E-state index in [9.17, 15) is 9.59 Å². The summed E-state index contributed by atoms with van der Waals surface area (Å²) < 4.78 is 1.69. The van der Waals surface area contributed by atoms with Crippen molar-refractivity contribution in [1.29, 1.82) is 0 Å². The summed E-state index contributed by atoms with van der Waals surface area (Å²) in [4.78, 5) is 32.6. The Labute approximate surface area is 163 Å².